The van der Waals surface area contributed by atoms with Crippen molar-refractivity contribution in [1.29, 1.82) is 0 Å². The van der Waals surface area contributed by atoms with Crippen LogP contribution in [-0.4, -0.2) is 26.2 Å². The zero-order chi connectivity index (χ0) is 18.7. The van der Waals surface area contributed by atoms with Crippen LogP contribution in [-0.2, 0) is 11.2 Å². The van der Waals surface area contributed by atoms with E-state index in [1.54, 1.807) is 24.3 Å². The zero-order valence-electron chi connectivity index (χ0n) is 14.5. The van der Waals surface area contributed by atoms with Crippen LogP contribution in [0.1, 0.15) is 17.5 Å². The quantitative estimate of drug-likeness (QED) is 0.817. The van der Waals surface area contributed by atoms with Crippen molar-refractivity contribution in [2.75, 3.05) is 25.6 Å². The second-order valence-corrected chi connectivity index (χ2v) is 6.80. The normalized spacial score (nSPS) is 13.1. The molecule has 7 heteroatoms. The number of carbonyl (C=O) groups excluding carboxylic acids is 1. The summed E-state index contributed by atoms with van der Waals surface area (Å²) in [5, 5.41) is 3.87. The summed E-state index contributed by atoms with van der Waals surface area (Å²) in [7, 11) is 1.53. The van der Waals surface area contributed by atoms with Gasteiger partial charge in [0.2, 0.25) is 5.91 Å². The lowest BCUT2D eigenvalue weighted by molar-refractivity contribution is -0.115. The minimum Gasteiger partial charge on any atom is -0.495 e. The molecule has 0 unspecified atom stereocenters. The van der Waals surface area contributed by atoms with Gasteiger partial charge < -0.3 is 19.5 Å². The Bertz CT molecular complexity index is 839. The van der Waals surface area contributed by atoms with E-state index in [0.717, 1.165) is 17.5 Å². The van der Waals surface area contributed by atoms with Crippen LogP contribution in [0.3, 0.4) is 0 Å². The topological polar surface area (TPSA) is 56.8 Å². The summed E-state index contributed by atoms with van der Waals surface area (Å²) >= 11 is 12.4. The number of benzene rings is 2. The average Bonchev–Trinajstić information content (AvgIpc) is 2.83. The highest BCUT2D eigenvalue weighted by Gasteiger charge is 2.17. The fourth-order valence-electron chi connectivity index (χ4n) is 2.70. The van der Waals surface area contributed by atoms with Crippen LogP contribution in [0.5, 0.6) is 17.2 Å². The third kappa shape index (κ3) is 4.17. The summed E-state index contributed by atoms with van der Waals surface area (Å²) < 4.78 is 16.5. The number of hydrogen-bond donors (Lipinski definition) is 1. The molecule has 0 radical (unpaired) electrons. The molecule has 0 fully saturated rings. The number of methoxy groups -OCH3 is 1. The lowest BCUT2D eigenvalue weighted by Crippen LogP contribution is -2.15. The van der Waals surface area contributed by atoms with Gasteiger partial charge in [0.15, 0.2) is 11.5 Å². The molecule has 1 N–H and O–H groups in total. The van der Waals surface area contributed by atoms with E-state index in [-0.39, 0.29) is 12.3 Å². The molecular weight excluding hydrogens is 377 g/mol. The molecule has 1 amide bonds. The molecule has 0 saturated carbocycles. The van der Waals surface area contributed by atoms with Gasteiger partial charge in [-0.1, -0.05) is 23.2 Å². The molecule has 0 spiro atoms. The molecule has 138 valence electrons. The van der Waals surface area contributed by atoms with Gasteiger partial charge in [-0.15, -0.1) is 0 Å². The molecular formula is C19H19Cl2NO4. The third-order valence-electron chi connectivity index (χ3n) is 3.98. The Morgan fingerprint density at radius 1 is 1.15 bits per heavy atom. The standard InChI is InChI=1S/C19H19Cl2NO4/c1-11-6-15(16(24-2)10-13(11)20)22-18(23)9-12-7-14(21)19-17(8-12)25-4-3-5-26-19/h6-8,10H,3-5,9H2,1-2H3,(H,22,23). The Balaban J connectivity index is 1.78. The number of carbonyl (C=O) groups is 1. The van der Waals surface area contributed by atoms with Crippen LogP contribution in [0.25, 0.3) is 0 Å². The predicted molar refractivity (Wildman–Crippen MR) is 102 cm³/mol. The summed E-state index contributed by atoms with van der Waals surface area (Å²) in [6.45, 7) is 2.98. The van der Waals surface area contributed by atoms with Crippen LogP contribution in [0.4, 0.5) is 5.69 Å². The summed E-state index contributed by atoms with van der Waals surface area (Å²) in [5.41, 5.74) is 2.16. The van der Waals surface area contributed by atoms with Crippen molar-refractivity contribution in [2.24, 2.45) is 0 Å². The van der Waals surface area contributed by atoms with E-state index in [0.29, 0.717) is 46.2 Å². The zero-order valence-corrected chi connectivity index (χ0v) is 16.0. The Morgan fingerprint density at radius 3 is 2.69 bits per heavy atom. The van der Waals surface area contributed by atoms with Crippen molar-refractivity contribution in [3.05, 3.63) is 45.4 Å². The molecule has 3 rings (SSSR count). The maximum Gasteiger partial charge on any atom is 0.228 e. The number of anilines is 1. The molecule has 0 aliphatic carbocycles. The number of nitrogens with one attached hydrogen (secondary N) is 1. The molecule has 1 aliphatic heterocycles. The van der Waals surface area contributed by atoms with Crippen molar-refractivity contribution < 1.29 is 19.0 Å². The van der Waals surface area contributed by atoms with Crippen molar-refractivity contribution in [1.82, 2.24) is 0 Å². The van der Waals surface area contributed by atoms with Gasteiger partial charge in [0.1, 0.15) is 5.75 Å². The fraction of sp³-hybridized carbons (Fsp3) is 0.316. The van der Waals surface area contributed by atoms with E-state index >= 15 is 0 Å². The number of fused-ring (bicyclic) bond motifs is 1. The maximum atomic E-state index is 12.5. The summed E-state index contributed by atoms with van der Waals surface area (Å²) in [5.74, 6) is 1.40. The SMILES string of the molecule is COc1cc(Cl)c(C)cc1NC(=O)Cc1cc(Cl)c2c(c1)OCCCO2. The molecule has 26 heavy (non-hydrogen) atoms. The lowest BCUT2D eigenvalue weighted by atomic mass is 10.1. The van der Waals surface area contributed by atoms with Crippen LogP contribution < -0.4 is 19.5 Å². The van der Waals surface area contributed by atoms with E-state index in [2.05, 4.69) is 5.32 Å². The Kier molecular flexibility index (Phi) is 5.79. The Labute approximate surface area is 162 Å². The highest BCUT2D eigenvalue weighted by Crippen LogP contribution is 2.38. The molecule has 1 aliphatic rings. The van der Waals surface area contributed by atoms with Crippen molar-refractivity contribution in [3.8, 4) is 17.2 Å². The first-order valence-electron chi connectivity index (χ1n) is 8.20. The number of aryl methyl sites for hydroxylation is 1. The van der Waals surface area contributed by atoms with Gasteiger partial charge in [0.05, 0.1) is 37.5 Å². The smallest absolute Gasteiger partial charge is 0.228 e. The summed E-state index contributed by atoms with van der Waals surface area (Å²) in [4.78, 5) is 12.5. The number of hydrogen-bond acceptors (Lipinski definition) is 4. The van der Waals surface area contributed by atoms with E-state index in [9.17, 15) is 4.79 Å². The van der Waals surface area contributed by atoms with Gasteiger partial charge in [-0.3, -0.25) is 4.79 Å². The first kappa shape index (κ1) is 18.7. The second kappa shape index (κ2) is 8.06. The summed E-state index contributed by atoms with van der Waals surface area (Å²) in [6, 6.07) is 6.96. The molecule has 2 aromatic rings. The predicted octanol–water partition coefficient (Wildman–Crippen LogP) is 4.65. The highest BCUT2D eigenvalue weighted by molar-refractivity contribution is 6.32. The third-order valence-corrected chi connectivity index (χ3v) is 4.67. The van der Waals surface area contributed by atoms with Crippen LogP contribution in [0, 0.1) is 6.92 Å². The first-order valence-corrected chi connectivity index (χ1v) is 8.95. The van der Waals surface area contributed by atoms with Gasteiger partial charge in [0, 0.05) is 17.5 Å². The number of amides is 1. The van der Waals surface area contributed by atoms with Gasteiger partial charge in [-0.05, 0) is 36.2 Å². The van der Waals surface area contributed by atoms with Gasteiger partial charge in [0.25, 0.3) is 0 Å². The molecule has 1 heterocycles. The fourth-order valence-corrected chi connectivity index (χ4v) is 3.14. The lowest BCUT2D eigenvalue weighted by Gasteiger charge is -2.14. The van der Waals surface area contributed by atoms with E-state index < -0.39 is 0 Å². The largest absolute Gasteiger partial charge is 0.495 e. The Morgan fingerprint density at radius 2 is 1.92 bits per heavy atom. The van der Waals surface area contributed by atoms with Gasteiger partial charge in [-0.25, -0.2) is 0 Å². The monoisotopic (exact) mass is 395 g/mol. The average molecular weight is 396 g/mol. The Hall–Kier alpha value is -2.11. The van der Waals surface area contributed by atoms with Crippen molar-refractivity contribution in [3.63, 3.8) is 0 Å². The molecule has 5 nitrogen and oxygen atoms in total. The van der Waals surface area contributed by atoms with Crippen LogP contribution in [0.15, 0.2) is 24.3 Å². The highest BCUT2D eigenvalue weighted by atomic mass is 35.5. The van der Waals surface area contributed by atoms with Crippen molar-refractivity contribution >= 4 is 34.8 Å². The van der Waals surface area contributed by atoms with Crippen LogP contribution in [0.2, 0.25) is 10.0 Å². The number of ether oxygens (including phenoxy) is 3. The van der Waals surface area contributed by atoms with E-state index in [1.807, 2.05) is 6.92 Å². The molecule has 0 aromatic heterocycles. The van der Waals surface area contributed by atoms with E-state index in [1.165, 1.54) is 7.11 Å². The number of rotatable bonds is 4. The number of halogens is 2. The van der Waals surface area contributed by atoms with Gasteiger partial charge >= 0.3 is 0 Å². The molecule has 0 saturated heterocycles. The maximum absolute atomic E-state index is 12.5. The minimum atomic E-state index is -0.199. The second-order valence-electron chi connectivity index (χ2n) is 5.98. The van der Waals surface area contributed by atoms with Gasteiger partial charge in [-0.2, -0.15) is 0 Å². The first-order chi connectivity index (χ1) is 12.5. The van der Waals surface area contributed by atoms with Crippen molar-refractivity contribution in [2.45, 2.75) is 19.8 Å². The van der Waals surface area contributed by atoms with E-state index in [4.69, 9.17) is 37.4 Å². The van der Waals surface area contributed by atoms with Crippen LogP contribution >= 0.6 is 23.2 Å². The molecule has 2 aromatic carbocycles. The minimum absolute atomic E-state index is 0.140. The molecule has 0 atom stereocenters. The summed E-state index contributed by atoms with van der Waals surface area (Å²) in [6.07, 6.45) is 0.928. The molecule has 0 bridgehead atoms.